The highest BCUT2D eigenvalue weighted by molar-refractivity contribution is 5.79. The molecule has 0 radical (unpaired) electrons. The van der Waals surface area contributed by atoms with Gasteiger partial charge in [0, 0.05) is 31.5 Å². The summed E-state index contributed by atoms with van der Waals surface area (Å²) in [6.45, 7) is 1.29. The number of anilines is 1. The average Bonchev–Trinajstić information content (AvgIpc) is 3.41. The third kappa shape index (κ3) is 2.79. The summed E-state index contributed by atoms with van der Waals surface area (Å²) < 4.78 is 8.33. The van der Waals surface area contributed by atoms with Crippen LogP contribution in [0.1, 0.15) is 6.42 Å². The first-order valence-electron chi connectivity index (χ1n) is 8.96. The van der Waals surface area contributed by atoms with E-state index in [1.807, 2.05) is 4.40 Å². The van der Waals surface area contributed by atoms with Crippen molar-refractivity contribution in [1.29, 1.82) is 0 Å². The first kappa shape index (κ1) is 16.5. The highest BCUT2D eigenvalue weighted by Crippen LogP contribution is 2.21. The van der Waals surface area contributed by atoms with Crippen LogP contribution in [-0.4, -0.2) is 49.2 Å². The summed E-state index contributed by atoms with van der Waals surface area (Å²) in [5.41, 5.74) is 1.77. The number of hydrogen-bond acceptors (Lipinski definition) is 7. The van der Waals surface area contributed by atoms with Crippen molar-refractivity contribution in [1.82, 2.24) is 29.5 Å². The molecule has 1 saturated heterocycles. The van der Waals surface area contributed by atoms with Gasteiger partial charge in [-0.1, -0.05) is 12.1 Å². The van der Waals surface area contributed by atoms with Crippen molar-refractivity contribution in [2.75, 3.05) is 18.0 Å². The number of fused-ring (bicyclic) bond motifs is 2. The molecule has 5 rings (SSSR count). The van der Waals surface area contributed by atoms with Crippen LogP contribution in [-0.2, 0) is 11.3 Å². The van der Waals surface area contributed by atoms with Gasteiger partial charge in [0.05, 0.1) is 5.52 Å². The lowest BCUT2D eigenvalue weighted by Crippen LogP contribution is -2.40. The lowest BCUT2D eigenvalue weighted by molar-refractivity contribution is -0.122. The molecule has 142 valence electrons. The molecule has 4 aromatic rings. The SMILES string of the molecule is O=C(Cn1c(=O)oc2ccccc21)NC1CCN(c2nccn3cnnc23)C1. The molecule has 1 unspecified atom stereocenters. The Morgan fingerprint density at radius 1 is 1.32 bits per heavy atom. The maximum atomic E-state index is 12.5. The monoisotopic (exact) mass is 379 g/mol. The Kier molecular flexibility index (Phi) is 3.81. The molecule has 10 nitrogen and oxygen atoms in total. The Morgan fingerprint density at radius 3 is 3.14 bits per heavy atom. The van der Waals surface area contributed by atoms with Gasteiger partial charge in [-0.15, -0.1) is 10.2 Å². The molecule has 0 bridgehead atoms. The van der Waals surface area contributed by atoms with Crippen molar-refractivity contribution in [2.45, 2.75) is 19.0 Å². The van der Waals surface area contributed by atoms with Gasteiger partial charge in [-0.05, 0) is 18.6 Å². The number of benzene rings is 1. The second kappa shape index (κ2) is 6.48. The molecule has 0 aliphatic carbocycles. The van der Waals surface area contributed by atoms with Crippen molar-refractivity contribution >= 4 is 28.5 Å². The molecular formula is C18H17N7O3. The van der Waals surface area contributed by atoms with Crippen LogP contribution in [0.25, 0.3) is 16.7 Å². The number of carbonyl (C=O) groups is 1. The Morgan fingerprint density at radius 2 is 2.21 bits per heavy atom. The molecule has 0 spiro atoms. The highest BCUT2D eigenvalue weighted by Gasteiger charge is 2.27. The molecular weight excluding hydrogens is 362 g/mol. The number of nitrogens with one attached hydrogen (secondary N) is 1. The summed E-state index contributed by atoms with van der Waals surface area (Å²) in [6, 6.07) is 7.02. The maximum Gasteiger partial charge on any atom is 0.420 e. The summed E-state index contributed by atoms with van der Waals surface area (Å²) in [5, 5.41) is 11.0. The zero-order chi connectivity index (χ0) is 19.1. The van der Waals surface area contributed by atoms with Crippen LogP contribution in [0, 0.1) is 0 Å². The Hall–Kier alpha value is -3.69. The topological polar surface area (TPSA) is 111 Å². The fourth-order valence-corrected chi connectivity index (χ4v) is 3.62. The molecule has 1 amide bonds. The van der Waals surface area contributed by atoms with Crippen LogP contribution in [0.3, 0.4) is 0 Å². The predicted molar refractivity (Wildman–Crippen MR) is 100 cm³/mol. The normalized spacial score (nSPS) is 16.9. The number of hydrogen-bond donors (Lipinski definition) is 1. The van der Waals surface area contributed by atoms with Crippen molar-refractivity contribution in [3.63, 3.8) is 0 Å². The number of amides is 1. The Labute approximate surface area is 158 Å². The van der Waals surface area contributed by atoms with Crippen LogP contribution in [0.4, 0.5) is 5.82 Å². The molecule has 1 atom stereocenters. The van der Waals surface area contributed by atoms with Crippen LogP contribution in [0.2, 0.25) is 0 Å². The minimum Gasteiger partial charge on any atom is -0.408 e. The van der Waals surface area contributed by atoms with Crippen molar-refractivity contribution in [3.05, 3.63) is 53.5 Å². The van der Waals surface area contributed by atoms with Crippen LogP contribution in [0.5, 0.6) is 0 Å². The molecule has 1 fully saturated rings. The minimum absolute atomic E-state index is 0.0358. The third-order valence-electron chi connectivity index (χ3n) is 4.93. The van der Waals surface area contributed by atoms with Crippen molar-refractivity contribution in [3.8, 4) is 0 Å². The molecule has 1 aliphatic heterocycles. The number of rotatable bonds is 4. The fourth-order valence-electron chi connectivity index (χ4n) is 3.62. The zero-order valence-corrected chi connectivity index (χ0v) is 14.9. The molecule has 28 heavy (non-hydrogen) atoms. The molecule has 1 aliphatic rings. The lowest BCUT2D eigenvalue weighted by Gasteiger charge is -2.18. The van der Waals surface area contributed by atoms with Crippen LogP contribution in [0.15, 0.2) is 52.2 Å². The van der Waals surface area contributed by atoms with E-state index in [1.54, 1.807) is 43.0 Å². The molecule has 1 aromatic carbocycles. The fraction of sp³-hybridized carbons (Fsp3) is 0.278. The average molecular weight is 379 g/mol. The predicted octanol–water partition coefficient (Wildman–Crippen LogP) is 0.427. The van der Waals surface area contributed by atoms with Gasteiger partial charge in [0.2, 0.25) is 11.6 Å². The van der Waals surface area contributed by atoms with Gasteiger partial charge in [-0.25, -0.2) is 9.78 Å². The maximum absolute atomic E-state index is 12.5. The van der Waals surface area contributed by atoms with Gasteiger partial charge in [0.1, 0.15) is 12.9 Å². The molecule has 3 aromatic heterocycles. The largest absolute Gasteiger partial charge is 0.420 e. The molecule has 10 heteroatoms. The highest BCUT2D eigenvalue weighted by atomic mass is 16.4. The molecule has 0 saturated carbocycles. The third-order valence-corrected chi connectivity index (χ3v) is 4.93. The summed E-state index contributed by atoms with van der Waals surface area (Å²) in [6.07, 6.45) is 5.90. The zero-order valence-electron chi connectivity index (χ0n) is 14.9. The van der Waals surface area contributed by atoms with E-state index in [0.29, 0.717) is 23.3 Å². The van der Waals surface area contributed by atoms with Crippen molar-refractivity contribution < 1.29 is 9.21 Å². The number of nitrogens with zero attached hydrogens (tertiary/aromatic N) is 6. The number of aromatic nitrogens is 5. The van der Waals surface area contributed by atoms with E-state index in [0.717, 1.165) is 18.8 Å². The summed E-state index contributed by atoms with van der Waals surface area (Å²) in [5.74, 6) is -0.0185. The van der Waals surface area contributed by atoms with Crippen molar-refractivity contribution in [2.24, 2.45) is 0 Å². The second-order valence-electron chi connectivity index (χ2n) is 6.73. The minimum atomic E-state index is -0.535. The number of carbonyl (C=O) groups excluding carboxylic acids is 1. The van der Waals surface area contributed by atoms with E-state index < -0.39 is 5.76 Å². The van der Waals surface area contributed by atoms with Crippen LogP contribution < -0.4 is 16.0 Å². The standard InChI is InChI=1S/C18H17N7O3/c26-15(10-25-13-3-1-2-4-14(13)28-18(25)27)21-12-5-7-23(9-12)16-17-22-20-11-24(17)8-6-19-16/h1-4,6,8,11-12H,5,7,9-10H2,(H,21,26). The molecule has 4 heterocycles. The van der Waals surface area contributed by atoms with E-state index in [4.69, 9.17) is 4.42 Å². The summed E-state index contributed by atoms with van der Waals surface area (Å²) in [4.78, 5) is 31.0. The number of para-hydroxylation sites is 2. The van der Waals surface area contributed by atoms with E-state index >= 15 is 0 Å². The smallest absolute Gasteiger partial charge is 0.408 e. The van der Waals surface area contributed by atoms with E-state index in [9.17, 15) is 9.59 Å². The lowest BCUT2D eigenvalue weighted by atomic mass is 10.2. The summed E-state index contributed by atoms with van der Waals surface area (Å²) >= 11 is 0. The van der Waals surface area contributed by atoms with E-state index in [-0.39, 0.29) is 18.5 Å². The number of oxazole rings is 1. The first-order chi connectivity index (χ1) is 13.7. The Balaban J connectivity index is 1.28. The van der Waals surface area contributed by atoms with Gasteiger partial charge in [-0.2, -0.15) is 0 Å². The van der Waals surface area contributed by atoms with Gasteiger partial charge in [0.25, 0.3) is 0 Å². The first-order valence-corrected chi connectivity index (χ1v) is 8.96. The quantitative estimate of drug-likeness (QED) is 0.547. The van der Waals surface area contributed by atoms with Gasteiger partial charge in [0.15, 0.2) is 11.4 Å². The van der Waals surface area contributed by atoms with Gasteiger partial charge in [-0.3, -0.25) is 13.8 Å². The second-order valence-corrected chi connectivity index (χ2v) is 6.73. The van der Waals surface area contributed by atoms with E-state index in [1.165, 1.54) is 4.57 Å². The Bertz CT molecular complexity index is 1220. The van der Waals surface area contributed by atoms with Gasteiger partial charge < -0.3 is 14.6 Å². The molecule has 1 N–H and O–H groups in total. The summed E-state index contributed by atoms with van der Waals surface area (Å²) in [7, 11) is 0. The van der Waals surface area contributed by atoms with Gasteiger partial charge >= 0.3 is 5.76 Å². The van der Waals surface area contributed by atoms with E-state index in [2.05, 4.69) is 25.4 Å². The van der Waals surface area contributed by atoms with Crippen LogP contribution >= 0.6 is 0 Å².